The average Bonchev–Trinajstić information content (AvgIpc) is 1.63. The molecule has 3 N–H and O–H groups in total. The second-order valence-electron chi connectivity index (χ2n) is 24.0. The summed E-state index contributed by atoms with van der Waals surface area (Å²) < 4.78 is 25.6. The summed E-state index contributed by atoms with van der Waals surface area (Å²) >= 11 is 67.0. The van der Waals surface area contributed by atoms with Crippen LogP contribution < -0.4 is 5.43 Å². The molecular formula is C79H65Br5Cl8N10O9. The molecule has 0 atom stereocenters. The van der Waals surface area contributed by atoms with E-state index < -0.39 is 17.9 Å². The first kappa shape index (κ1) is 86.5. The lowest BCUT2D eigenvalue weighted by atomic mass is 10.1. The molecule has 4 aromatic heterocycles. The third-order valence-electron chi connectivity index (χ3n) is 16.8. The zero-order chi connectivity index (χ0) is 79.9. The number of halogens is 13. The Balaban J connectivity index is 0.000000158. The largest absolute Gasteiger partial charge is 0.461 e. The Morgan fingerprint density at radius 1 is 0.396 bits per heavy atom. The Kier molecular flexibility index (Phi) is 31.5. The number of hydrogen-bond acceptors (Lipinski definition) is 14. The number of esters is 3. The van der Waals surface area contributed by atoms with Crippen LogP contribution in [0.4, 0.5) is 0 Å². The summed E-state index contributed by atoms with van der Waals surface area (Å²) in [5.74, 6) is -1.90. The summed E-state index contributed by atoms with van der Waals surface area (Å²) in [5.41, 5.74) is 14.3. The predicted molar refractivity (Wildman–Crippen MR) is 457 cm³/mol. The maximum atomic E-state index is 13.1. The van der Waals surface area contributed by atoms with Crippen LogP contribution in [-0.4, -0.2) is 111 Å². The van der Waals surface area contributed by atoms with E-state index in [1.165, 1.54) is 4.68 Å². The fourth-order valence-corrected chi connectivity index (χ4v) is 15.3. The average molecular weight is 1980 g/mol. The number of hydrogen-bond donors (Lipinski definition) is 3. The highest BCUT2D eigenvalue weighted by Gasteiger charge is 2.31. The standard InChI is InChI=1S/C22H21BrCl2N4O2.C19H14Br2Cl2N2O2.C19H15BrCl2N2O3.C19H15BrCl2N2O2/c23-15-6-4-14(5-7-15)21-17(13-30)20(22(31)27-28-10-2-1-3-11-28)26-29(21)19-9-8-16(24)12-18(19)25;1-2-27-19(26)17-14(10-20)18(11-3-5-12(21)6-4-11)25(24-17)16-8-7-13(22)9-15(16)23;1-2-27-19(26)17-14(10-25)18(11-3-5-12(20)6-4-11)24(23-17)16-8-7-13(21)9-15(16)22;1-3-26-19(25)17-11(2)18(12-4-6-13(20)7-5-12)24(23-17)16-9-8-14(21)10-15(16)22/h4-9,12,30H,1-3,10-11,13H2,(H,27,31);3-9H,2,10H2,1H3;3-9,25H,2,10H2,1H3;4-10H,3H2,1-2H3. The zero-order valence-electron chi connectivity index (χ0n) is 59.1. The zero-order valence-corrected chi connectivity index (χ0v) is 73.1. The van der Waals surface area contributed by atoms with Gasteiger partial charge >= 0.3 is 17.9 Å². The van der Waals surface area contributed by atoms with Crippen molar-refractivity contribution < 1.29 is 43.6 Å². The molecule has 5 heterocycles. The molecule has 19 nitrogen and oxygen atoms in total. The number of alkyl halides is 1. The molecule has 32 heteroatoms. The minimum Gasteiger partial charge on any atom is -0.461 e. The number of piperidine rings is 1. The number of hydrazine groups is 1. The molecule has 1 aliphatic rings. The number of benzene rings is 8. The van der Waals surface area contributed by atoms with Crippen molar-refractivity contribution in [3.63, 3.8) is 0 Å². The SMILES string of the molecule is CCOC(=O)c1nn(-c2ccc(Cl)cc2Cl)c(-c2ccc(Br)cc2)c1C.CCOC(=O)c1nn(-c2ccc(Cl)cc2Cl)c(-c2ccc(Br)cc2)c1CBr.CCOC(=O)c1nn(-c2ccc(Cl)cc2Cl)c(-c2ccc(Br)cc2)c1CO.O=C(NN1CCCCC1)c1nn(-c2ccc(Cl)cc2Cl)c(-c2ccc(Br)cc2)c1CO. The Labute approximate surface area is 721 Å². The Morgan fingerprint density at radius 3 is 0.991 bits per heavy atom. The molecule has 0 radical (unpaired) electrons. The second-order valence-corrected chi connectivity index (χ2v) is 31.6. The molecule has 12 aromatic rings. The van der Waals surface area contributed by atoms with Gasteiger partial charge in [-0.05, 0) is 162 Å². The van der Waals surface area contributed by atoms with Crippen molar-refractivity contribution >= 4 is 196 Å². The minimum absolute atomic E-state index is 0.0447. The van der Waals surface area contributed by atoms with E-state index in [2.05, 4.69) is 105 Å². The van der Waals surface area contributed by atoms with Gasteiger partial charge in [0.15, 0.2) is 22.8 Å². The van der Waals surface area contributed by atoms with E-state index in [1.807, 2.05) is 109 Å². The number of amides is 1. The molecule has 0 bridgehead atoms. The number of carbonyl (C=O) groups excluding carboxylic acids is 4. The van der Waals surface area contributed by atoms with Crippen molar-refractivity contribution in [2.75, 3.05) is 32.9 Å². The molecule has 8 aromatic carbocycles. The maximum absolute atomic E-state index is 13.1. The second kappa shape index (κ2) is 40.4. The van der Waals surface area contributed by atoms with Gasteiger partial charge in [-0.15, -0.1) is 0 Å². The van der Waals surface area contributed by atoms with E-state index in [4.69, 9.17) is 107 Å². The molecule has 1 amide bonds. The van der Waals surface area contributed by atoms with Crippen molar-refractivity contribution in [1.82, 2.24) is 49.6 Å². The first-order valence-corrected chi connectivity index (χ1v) is 41.3. The smallest absolute Gasteiger partial charge is 0.359 e. The van der Waals surface area contributed by atoms with E-state index in [0.29, 0.717) is 90.8 Å². The van der Waals surface area contributed by atoms with Crippen molar-refractivity contribution in [2.45, 2.75) is 65.5 Å². The lowest BCUT2D eigenvalue weighted by molar-refractivity contribution is 0.0507. The van der Waals surface area contributed by atoms with Crippen LogP contribution in [0.2, 0.25) is 40.2 Å². The van der Waals surface area contributed by atoms with Crippen LogP contribution >= 0.6 is 172 Å². The van der Waals surface area contributed by atoms with Crippen LogP contribution in [0.1, 0.15) is 104 Å². The first-order chi connectivity index (χ1) is 53.3. The molecule has 111 heavy (non-hydrogen) atoms. The fourth-order valence-electron chi connectivity index (χ4n) is 11.7. The summed E-state index contributed by atoms with van der Waals surface area (Å²) in [7, 11) is 0. The molecule has 1 aliphatic heterocycles. The van der Waals surface area contributed by atoms with Gasteiger partial charge in [-0.3, -0.25) is 10.2 Å². The fraction of sp³-hybridized carbons (Fsp3) is 0.190. The molecule has 1 saturated heterocycles. The predicted octanol–water partition coefficient (Wildman–Crippen LogP) is 23.3. The lowest BCUT2D eigenvalue weighted by Crippen LogP contribution is -2.45. The first-order valence-electron chi connectivity index (χ1n) is 34.0. The Bertz CT molecular complexity index is 5190. The normalized spacial score (nSPS) is 11.9. The molecule has 1 fully saturated rings. The topological polar surface area (TPSA) is 223 Å². The van der Waals surface area contributed by atoms with Crippen LogP contribution in [0.25, 0.3) is 67.8 Å². The van der Waals surface area contributed by atoms with Gasteiger partial charge in [0.05, 0.1) is 98.7 Å². The van der Waals surface area contributed by atoms with E-state index in [1.54, 1.807) is 108 Å². The molecule has 0 saturated carbocycles. The van der Waals surface area contributed by atoms with E-state index in [-0.39, 0.29) is 61.7 Å². The summed E-state index contributed by atoms with van der Waals surface area (Å²) in [6.45, 7) is 8.67. The molecule has 0 spiro atoms. The van der Waals surface area contributed by atoms with Gasteiger partial charge in [0.1, 0.15) is 0 Å². The van der Waals surface area contributed by atoms with Crippen LogP contribution in [0, 0.1) is 6.92 Å². The highest BCUT2D eigenvalue weighted by Crippen LogP contribution is 2.40. The third kappa shape index (κ3) is 21.0. The molecule has 0 unspecified atom stereocenters. The quantitative estimate of drug-likeness (QED) is 0.0389. The highest BCUT2D eigenvalue weighted by atomic mass is 79.9. The number of aromatic nitrogens is 8. The molecule has 13 rings (SSSR count). The van der Waals surface area contributed by atoms with Crippen LogP contribution in [-0.2, 0) is 32.8 Å². The van der Waals surface area contributed by atoms with Crippen molar-refractivity contribution in [1.29, 1.82) is 0 Å². The number of aliphatic hydroxyl groups excluding tert-OH is 2. The Hall–Kier alpha value is -6.92. The molecule has 0 aliphatic carbocycles. The van der Waals surface area contributed by atoms with Gasteiger partial charge in [0.2, 0.25) is 0 Å². The monoisotopic (exact) mass is 1970 g/mol. The molecular weight excluding hydrogens is 1920 g/mol. The van der Waals surface area contributed by atoms with Crippen LogP contribution in [0.5, 0.6) is 0 Å². The maximum Gasteiger partial charge on any atom is 0.359 e. The number of nitrogens with zero attached hydrogens (tertiary/aromatic N) is 9. The van der Waals surface area contributed by atoms with E-state index in [9.17, 15) is 29.4 Å². The number of ether oxygens (including phenoxy) is 3. The number of aliphatic hydroxyl groups is 2. The Morgan fingerprint density at radius 2 is 0.676 bits per heavy atom. The number of nitrogens with one attached hydrogen (secondary N) is 1. The van der Waals surface area contributed by atoms with Crippen molar-refractivity contribution in [3.05, 3.63) is 273 Å². The van der Waals surface area contributed by atoms with Crippen molar-refractivity contribution in [2.24, 2.45) is 0 Å². The third-order valence-corrected chi connectivity index (χ3v) is 21.6. The summed E-state index contributed by atoms with van der Waals surface area (Å²) in [5, 5.41) is 44.2. The summed E-state index contributed by atoms with van der Waals surface area (Å²) in [6.07, 6.45) is 3.23. The highest BCUT2D eigenvalue weighted by molar-refractivity contribution is 9.11. The molecule has 576 valence electrons. The van der Waals surface area contributed by atoms with Crippen LogP contribution in [0.3, 0.4) is 0 Å². The van der Waals surface area contributed by atoms with Crippen LogP contribution in [0.15, 0.2) is 188 Å². The summed E-state index contributed by atoms with van der Waals surface area (Å²) in [6, 6.07) is 50.9. The van der Waals surface area contributed by atoms with Gasteiger partial charge in [-0.2, -0.15) is 20.4 Å². The van der Waals surface area contributed by atoms with Gasteiger partial charge in [0, 0.05) is 101 Å². The van der Waals surface area contributed by atoms with Gasteiger partial charge in [-0.1, -0.05) is 227 Å². The van der Waals surface area contributed by atoms with E-state index in [0.717, 1.165) is 95.0 Å². The number of rotatable bonds is 19. The lowest BCUT2D eigenvalue weighted by Gasteiger charge is -2.26. The van der Waals surface area contributed by atoms with Crippen molar-refractivity contribution in [3.8, 4) is 67.8 Å². The van der Waals surface area contributed by atoms with Gasteiger partial charge in [0.25, 0.3) is 5.91 Å². The van der Waals surface area contributed by atoms with Gasteiger partial charge < -0.3 is 24.4 Å². The number of carbonyl (C=O) groups is 4. The van der Waals surface area contributed by atoms with Gasteiger partial charge in [-0.25, -0.2) is 38.1 Å². The van der Waals surface area contributed by atoms with E-state index >= 15 is 0 Å². The minimum atomic E-state index is -0.608. The summed E-state index contributed by atoms with van der Waals surface area (Å²) in [4.78, 5) is 50.3.